The molecule has 0 unspecified atom stereocenters. The summed E-state index contributed by atoms with van der Waals surface area (Å²) in [5.74, 6) is 0.402. The number of carbonyl (C=O) groups is 1. The fourth-order valence-corrected chi connectivity index (χ4v) is 2.20. The van der Waals surface area contributed by atoms with Crippen molar-refractivity contribution < 1.29 is 4.79 Å². The van der Waals surface area contributed by atoms with E-state index in [2.05, 4.69) is 37.6 Å². The normalized spacial score (nSPS) is 10.6. The molecule has 128 valence electrons. The maximum absolute atomic E-state index is 12.0. The van der Waals surface area contributed by atoms with Gasteiger partial charge in [-0.3, -0.25) is 4.79 Å². The first kappa shape index (κ1) is 17.9. The van der Waals surface area contributed by atoms with Gasteiger partial charge in [-0.15, -0.1) is 0 Å². The molecule has 2 N–H and O–H groups in total. The minimum Gasteiger partial charge on any atom is -0.354 e. The van der Waals surface area contributed by atoms with Gasteiger partial charge < -0.3 is 15.5 Å². The van der Waals surface area contributed by atoms with Crippen LogP contribution in [0.2, 0.25) is 0 Å². The van der Waals surface area contributed by atoms with Crippen LogP contribution in [0.3, 0.4) is 0 Å². The lowest BCUT2D eigenvalue weighted by atomic mass is 10.1. The summed E-state index contributed by atoms with van der Waals surface area (Å²) in [6.07, 6.45) is 4.93. The molecule has 0 fully saturated rings. The van der Waals surface area contributed by atoms with Crippen molar-refractivity contribution in [2.24, 2.45) is 0 Å². The predicted molar refractivity (Wildman–Crippen MR) is 96.2 cm³/mol. The highest BCUT2D eigenvalue weighted by atomic mass is 16.1. The second kappa shape index (κ2) is 9.62. The molecule has 0 aliphatic heterocycles. The average molecular weight is 327 g/mol. The molecular weight excluding hydrogens is 302 g/mol. The van der Waals surface area contributed by atoms with Crippen molar-refractivity contribution in [2.45, 2.75) is 12.8 Å². The molecule has 2 aromatic rings. The van der Waals surface area contributed by atoms with Crippen LogP contribution in [0.5, 0.6) is 0 Å². The number of rotatable bonds is 9. The Kier molecular flexibility index (Phi) is 7.17. The number of carbonyl (C=O) groups excluding carboxylic acids is 1. The van der Waals surface area contributed by atoms with Gasteiger partial charge >= 0.3 is 0 Å². The molecule has 1 heterocycles. The van der Waals surface area contributed by atoms with E-state index >= 15 is 0 Å². The molecule has 6 nitrogen and oxygen atoms in total. The molecule has 0 saturated carbocycles. The lowest BCUT2D eigenvalue weighted by Crippen LogP contribution is -2.27. The summed E-state index contributed by atoms with van der Waals surface area (Å²) in [5.41, 5.74) is 1.74. The average Bonchev–Trinajstić information content (AvgIpc) is 2.60. The molecule has 1 amide bonds. The molecule has 1 aromatic heterocycles. The smallest absolute Gasteiger partial charge is 0.254 e. The van der Waals surface area contributed by atoms with Crippen molar-refractivity contribution in [1.82, 2.24) is 20.2 Å². The molecule has 24 heavy (non-hydrogen) atoms. The highest BCUT2D eigenvalue weighted by molar-refractivity contribution is 5.93. The first-order chi connectivity index (χ1) is 11.6. The van der Waals surface area contributed by atoms with Crippen LogP contribution in [0.25, 0.3) is 0 Å². The third-order valence-corrected chi connectivity index (χ3v) is 3.52. The van der Waals surface area contributed by atoms with Crippen molar-refractivity contribution in [3.63, 3.8) is 0 Å². The first-order valence-electron chi connectivity index (χ1n) is 8.18. The Bertz CT molecular complexity index is 613. The molecule has 1 aromatic carbocycles. The first-order valence-corrected chi connectivity index (χ1v) is 8.18. The lowest BCUT2D eigenvalue weighted by molar-refractivity contribution is 0.0951. The van der Waals surface area contributed by atoms with E-state index in [1.165, 1.54) is 5.56 Å². The monoisotopic (exact) mass is 327 g/mol. The Morgan fingerprint density at radius 3 is 2.46 bits per heavy atom. The van der Waals surface area contributed by atoms with Crippen LogP contribution in [0.1, 0.15) is 22.3 Å². The Balaban J connectivity index is 1.72. The number of hydrogen-bond donors (Lipinski definition) is 2. The predicted octanol–water partition coefficient (Wildman–Crippen LogP) is 1.81. The van der Waals surface area contributed by atoms with Gasteiger partial charge in [0.05, 0.1) is 5.56 Å². The Morgan fingerprint density at radius 1 is 1.08 bits per heavy atom. The Hall–Kier alpha value is -2.47. The van der Waals surface area contributed by atoms with Crippen molar-refractivity contribution >= 4 is 11.9 Å². The second-order valence-corrected chi connectivity index (χ2v) is 5.87. The van der Waals surface area contributed by atoms with Gasteiger partial charge in [-0.25, -0.2) is 9.97 Å². The third-order valence-electron chi connectivity index (χ3n) is 3.52. The van der Waals surface area contributed by atoms with E-state index in [4.69, 9.17) is 0 Å². The number of nitrogens with zero attached hydrogens (tertiary/aromatic N) is 3. The summed E-state index contributed by atoms with van der Waals surface area (Å²) >= 11 is 0. The topological polar surface area (TPSA) is 70.2 Å². The highest BCUT2D eigenvalue weighted by Crippen LogP contribution is 2.03. The van der Waals surface area contributed by atoms with Crippen molar-refractivity contribution in [3.8, 4) is 0 Å². The zero-order valence-corrected chi connectivity index (χ0v) is 14.3. The van der Waals surface area contributed by atoms with Gasteiger partial charge in [0.25, 0.3) is 5.91 Å². The summed E-state index contributed by atoms with van der Waals surface area (Å²) in [5, 5.41) is 6.04. The molecule has 0 saturated heterocycles. The fourth-order valence-electron chi connectivity index (χ4n) is 2.20. The van der Waals surface area contributed by atoms with Gasteiger partial charge in [0, 0.05) is 25.5 Å². The molecule has 0 spiro atoms. The summed E-state index contributed by atoms with van der Waals surface area (Å²) in [6.45, 7) is 2.34. The van der Waals surface area contributed by atoms with Crippen molar-refractivity contribution in [2.75, 3.05) is 39.0 Å². The van der Waals surface area contributed by atoms with Crippen LogP contribution >= 0.6 is 0 Å². The molecule has 0 radical (unpaired) electrons. The van der Waals surface area contributed by atoms with Gasteiger partial charge in [-0.1, -0.05) is 30.3 Å². The molecule has 0 aliphatic rings. The van der Waals surface area contributed by atoms with Crippen molar-refractivity contribution in [3.05, 3.63) is 53.9 Å². The standard InChI is InChI=1S/C18H25N5O/c1-23(2)12-6-10-19-17(24)16-13-21-18(22-14-16)20-11-9-15-7-4-3-5-8-15/h3-5,7-8,13-14H,6,9-12H2,1-2H3,(H,19,24)(H,20,21,22). The van der Waals surface area contributed by atoms with Crippen LogP contribution in [0.4, 0.5) is 5.95 Å². The zero-order chi connectivity index (χ0) is 17.2. The van der Waals surface area contributed by atoms with E-state index in [0.29, 0.717) is 18.1 Å². The van der Waals surface area contributed by atoms with Gasteiger partial charge in [-0.2, -0.15) is 0 Å². The number of nitrogens with one attached hydrogen (secondary N) is 2. The maximum Gasteiger partial charge on any atom is 0.254 e. The van der Waals surface area contributed by atoms with Crippen LogP contribution in [-0.4, -0.2) is 54.5 Å². The Morgan fingerprint density at radius 2 is 1.79 bits per heavy atom. The quantitative estimate of drug-likeness (QED) is 0.688. The number of amides is 1. The highest BCUT2D eigenvalue weighted by Gasteiger charge is 2.06. The zero-order valence-electron chi connectivity index (χ0n) is 14.3. The van der Waals surface area contributed by atoms with Crippen LogP contribution < -0.4 is 10.6 Å². The number of hydrogen-bond acceptors (Lipinski definition) is 5. The molecule has 0 bridgehead atoms. The van der Waals surface area contributed by atoms with Crippen LogP contribution in [0.15, 0.2) is 42.7 Å². The van der Waals surface area contributed by atoms with E-state index in [0.717, 1.165) is 25.9 Å². The number of benzene rings is 1. The molecule has 6 heteroatoms. The molecule has 2 rings (SSSR count). The second-order valence-electron chi connectivity index (χ2n) is 5.87. The fraction of sp³-hybridized carbons (Fsp3) is 0.389. The van der Waals surface area contributed by atoms with Crippen molar-refractivity contribution in [1.29, 1.82) is 0 Å². The van der Waals surface area contributed by atoms with E-state index in [-0.39, 0.29) is 5.91 Å². The molecule has 0 atom stereocenters. The Labute approximate surface area is 143 Å². The minimum absolute atomic E-state index is 0.135. The van der Waals surface area contributed by atoms with Gasteiger partial charge in [0.15, 0.2) is 0 Å². The van der Waals surface area contributed by atoms with Crippen LogP contribution in [-0.2, 0) is 6.42 Å². The van der Waals surface area contributed by atoms with E-state index in [1.54, 1.807) is 12.4 Å². The van der Waals surface area contributed by atoms with Gasteiger partial charge in [0.1, 0.15) is 0 Å². The van der Waals surface area contributed by atoms with E-state index in [1.807, 2.05) is 32.3 Å². The summed E-state index contributed by atoms with van der Waals surface area (Å²) < 4.78 is 0. The van der Waals surface area contributed by atoms with E-state index in [9.17, 15) is 4.79 Å². The number of aromatic nitrogens is 2. The third kappa shape index (κ3) is 6.34. The largest absolute Gasteiger partial charge is 0.354 e. The maximum atomic E-state index is 12.0. The summed E-state index contributed by atoms with van der Waals surface area (Å²) in [6, 6.07) is 10.2. The van der Waals surface area contributed by atoms with E-state index < -0.39 is 0 Å². The lowest BCUT2D eigenvalue weighted by Gasteiger charge is -2.10. The van der Waals surface area contributed by atoms with Gasteiger partial charge in [0.2, 0.25) is 5.95 Å². The minimum atomic E-state index is -0.135. The summed E-state index contributed by atoms with van der Waals surface area (Å²) in [7, 11) is 4.03. The SMILES string of the molecule is CN(C)CCCNC(=O)c1cnc(NCCc2ccccc2)nc1. The van der Waals surface area contributed by atoms with Gasteiger partial charge in [-0.05, 0) is 39.0 Å². The molecular formula is C18H25N5O. The summed E-state index contributed by atoms with van der Waals surface area (Å²) in [4.78, 5) is 22.5. The number of anilines is 1. The van der Waals surface area contributed by atoms with Crippen LogP contribution in [0, 0.1) is 0 Å². The molecule has 0 aliphatic carbocycles.